The minimum absolute atomic E-state index is 0. The van der Waals surface area contributed by atoms with Crippen LogP contribution in [0, 0.1) is 0 Å². The number of benzene rings is 2. The minimum atomic E-state index is -0.498. The quantitative estimate of drug-likeness (QED) is 0.828. The number of halogens is 3. The van der Waals surface area contributed by atoms with E-state index >= 15 is 0 Å². The highest BCUT2D eigenvalue weighted by Crippen LogP contribution is 2.27. The van der Waals surface area contributed by atoms with Gasteiger partial charge in [0.1, 0.15) is 0 Å². The van der Waals surface area contributed by atoms with Crippen LogP contribution in [-0.2, 0) is 0 Å². The van der Waals surface area contributed by atoms with E-state index in [0.717, 1.165) is 25.2 Å². The molecule has 1 aliphatic rings. The topological polar surface area (TPSA) is 26.7 Å². The molecule has 2 aromatic carbocycles. The van der Waals surface area contributed by atoms with E-state index in [1.165, 1.54) is 5.56 Å². The Bertz CT molecular complexity index is 624. The van der Waals surface area contributed by atoms with Gasteiger partial charge in [-0.15, -0.1) is 24.8 Å². The van der Waals surface area contributed by atoms with Crippen LogP contribution in [0.2, 0.25) is 5.02 Å². The molecule has 138 valence electrons. The molecule has 0 bridgehead atoms. The van der Waals surface area contributed by atoms with Gasteiger partial charge in [0.25, 0.3) is 0 Å². The van der Waals surface area contributed by atoms with Crippen molar-refractivity contribution in [3.63, 3.8) is 0 Å². The van der Waals surface area contributed by atoms with Crippen LogP contribution in [-0.4, -0.2) is 48.1 Å². The van der Waals surface area contributed by atoms with Crippen molar-refractivity contribution >= 4 is 36.4 Å². The van der Waals surface area contributed by atoms with Crippen LogP contribution in [0.4, 0.5) is 0 Å². The van der Waals surface area contributed by atoms with Crippen LogP contribution in [0.5, 0.6) is 0 Å². The maximum Gasteiger partial charge on any atom is 0.0917 e. The van der Waals surface area contributed by atoms with Crippen molar-refractivity contribution < 1.29 is 5.11 Å². The largest absolute Gasteiger partial charge is 0.387 e. The Morgan fingerprint density at radius 1 is 1.04 bits per heavy atom. The Labute approximate surface area is 167 Å². The SMILES string of the molecule is CN1CCN(CC(O)c2ccc(Cl)cc2)C(c2ccccc2)C1.Cl.Cl. The van der Waals surface area contributed by atoms with Gasteiger partial charge in [-0.05, 0) is 30.3 Å². The van der Waals surface area contributed by atoms with E-state index in [0.29, 0.717) is 17.6 Å². The molecule has 1 aliphatic heterocycles. The lowest BCUT2D eigenvalue weighted by Crippen LogP contribution is -2.48. The predicted octanol–water partition coefficient (Wildman–Crippen LogP) is 4.21. The lowest BCUT2D eigenvalue weighted by molar-refractivity contribution is 0.0400. The molecular formula is C19H25Cl3N2O. The highest BCUT2D eigenvalue weighted by atomic mass is 35.5. The van der Waals surface area contributed by atoms with Gasteiger partial charge in [0, 0.05) is 37.2 Å². The third-order valence-corrected chi connectivity index (χ3v) is 4.79. The summed E-state index contributed by atoms with van der Waals surface area (Å²) in [5.41, 5.74) is 2.22. The molecule has 0 spiro atoms. The van der Waals surface area contributed by atoms with Crippen molar-refractivity contribution in [2.24, 2.45) is 0 Å². The number of piperazine rings is 1. The van der Waals surface area contributed by atoms with E-state index in [1.54, 1.807) is 0 Å². The second kappa shape index (κ2) is 10.4. The monoisotopic (exact) mass is 402 g/mol. The zero-order chi connectivity index (χ0) is 16.2. The zero-order valence-electron chi connectivity index (χ0n) is 14.2. The number of rotatable bonds is 4. The average molecular weight is 404 g/mol. The standard InChI is InChI=1S/C19H23ClN2O.2ClH/c1-21-11-12-22(18(13-21)15-5-3-2-4-6-15)14-19(23)16-7-9-17(20)10-8-16;;/h2-10,18-19,23H,11-14H2,1H3;2*1H. The van der Waals surface area contributed by atoms with Crippen LogP contribution in [0.15, 0.2) is 54.6 Å². The van der Waals surface area contributed by atoms with E-state index in [1.807, 2.05) is 30.3 Å². The van der Waals surface area contributed by atoms with Gasteiger partial charge in [-0.3, -0.25) is 4.90 Å². The molecule has 2 unspecified atom stereocenters. The zero-order valence-corrected chi connectivity index (χ0v) is 16.6. The van der Waals surface area contributed by atoms with Gasteiger partial charge >= 0.3 is 0 Å². The fourth-order valence-electron chi connectivity index (χ4n) is 3.18. The molecule has 2 atom stereocenters. The summed E-state index contributed by atoms with van der Waals surface area (Å²) in [5, 5.41) is 11.3. The maximum atomic E-state index is 10.6. The number of hydrogen-bond donors (Lipinski definition) is 1. The highest BCUT2D eigenvalue weighted by Gasteiger charge is 2.28. The Morgan fingerprint density at radius 2 is 1.68 bits per heavy atom. The van der Waals surface area contributed by atoms with E-state index in [4.69, 9.17) is 11.6 Å². The fraction of sp³-hybridized carbons (Fsp3) is 0.368. The van der Waals surface area contributed by atoms with Crippen molar-refractivity contribution in [2.75, 3.05) is 33.2 Å². The Kier molecular flexibility index (Phi) is 9.22. The van der Waals surface area contributed by atoms with Gasteiger partial charge in [0.2, 0.25) is 0 Å². The van der Waals surface area contributed by atoms with Gasteiger partial charge in [-0.25, -0.2) is 0 Å². The third kappa shape index (κ3) is 5.85. The second-order valence-corrected chi connectivity index (χ2v) is 6.69. The van der Waals surface area contributed by atoms with Crippen molar-refractivity contribution in [1.82, 2.24) is 9.80 Å². The normalized spacial score (nSPS) is 19.6. The van der Waals surface area contributed by atoms with Crippen molar-refractivity contribution in [3.8, 4) is 0 Å². The van der Waals surface area contributed by atoms with Crippen molar-refractivity contribution in [2.45, 2.75) is 12.1 Å². The summed E-state index contributed by atoms with van der Waals surface area (Å²) >= 11 is 5.93. The first kappa shape index (κ1) is 22.2. The maximum absolute atomic E-state index is 10.6. The highest BCUT2D eigenvalue weighted by molar-refractivity contribution is 6.30. The molecule has 0 saturated carbocycles. The van der Waals surface area contributed by atoms with Gasteiger partial charge < -0.3 is 10.0 Å². The van der Waals surface area contributed by atoms with Crippen LogP contribution < -0.4 is 0 Å². The van der Waals surface area contributed by atoms with Crippen LogP contribution in [0.3, 0.4) is 0 Å². The van der Waals surface area contributed by atoms with Gasteiger partial charge in [-0.1, -0.05) is 54.1 Å². The van der Waals surface area contributed by atoms with E-state index in [2.05, 4.69) is 41.1 Å². The third-order valence-electron chi connectivity index (χ3n) is 4.54. The second-order valence-electron chi connectivity index (χ2n) is 6.25. The first-order chi connectivity index (χ1) is 11.1. The average Bonchev–Trinajstić information content (AvgIpc) is 2.58. The summed E-state index contributed by atoms with van der Waals surface area (Å²) in [4.78, 5) is 4.73. The smallest absolute Gasteiger partial charge is 0.0917 e. The molecule has 3 nitrogen and oxygen atoms in total. The molecule has 1 fully saturated rings. The lowest BCUT2D eigenvalue weighted by atomic mass is 10.0. The predicted molar refractivity (Wildman–Crippen MR) is 109 cm³/mol. The molecule has 1 N–H and O–H groups in total. The van der Waals surface area contributed by atoms with Crippen LogP contribution >= 0.6 is 36.4 Å². The summed E-state index contributed by atoms with van der Waals surface area (Å²) in [7, 11) is 2.16. The number of β-amino-alcohol motifs (C(OH)–C–C–N with tert-alkyl or cyclic N) is 1. The summed E-state index contributed by atoms with van der Waals surface area (Å²) < 4.78 is 0. The molecule has 6 heteroatoms. The lowest BCUT2D eigenvalue weighted by Gasteiger charge is -2.41. The summed E-state index contributed by atoms with van der Waals surface area (Å²) in [6, 6.07) is 18.3. The summed E-state index contributed by atoms with van der Waals surface area (Å²) in [6.07, 6.45) is -0.498. The van der Waals surface area contributed by atoms with Gasteiger partial charge in [0.15, 0.2) is 0 Å². The molecule has 25 heavy (non-hydrogen) atoms. The molecule has 0 amide bonds. The molecule has 3 rings (SSSR count). The molecule has 0 radical (unpaired) electrons. The first-order valence-corrected chi connectivity index (χ1v) is 8.42. The van der Waals surface area contributed by atoms with Crippen LogP contribution in [0.1, 0.15) is 23.3 Å². The van der Waals surface area contributed by atoms with E-state index < -0.39 is 6.10 Å². The van der Waals surface area contributed by atoms with Gasteiger partial charge in [0.05, 0.1) is 6.10 Å². The number of nitrogens with zero attached hydrogens (tertiary/aromatic N) is 2. The Morgan fingerprint density at radius 3 is 2.32 bits per heavy atom. The molecule has 0 aromatic heterocycles. The molecular weight excluding hydrogens is 379 g/mol. The number of hydrogen-bond acceptors (Lipinski definition) is 3. The Balaban J connectivity index is 0.00000156. The van der Waals surface area contributed by atoms with Crippen LogP contribution in [0.25, 0.3) is 0 Å². The molecule has 0 aliphatic carbocycles. The van der Waals surface area contributed by atoms with E-state index in [-0.39, 0.29) is 24.8 Å². The van der Waals surface area contributed by atoms with Crippen molar-refractivity contribution in [1.29, 1.82) is 0 Å². The Hall–Kier alpha value is -0.810. The summed E-state index contributed by atoms with van der Waals surface area (Å²) in [6.45, 7) is 3.60. The first-order valence-electron chi connectivity index (χ1n) is 8.04. The van der Waals surface area contributed by atoms with Crippen molar-refractivity contribution in [3.05, 3.63) is 70.7 Å². The molecule has 1 saturated heterocycles. The van der Waals surface area contributed by atoms with Gasteiger partial charge in [-0.2, -0.15) is 0 Å². The number of likely N-dealkylation sites (N-methyl/N-ethyl adjacent to an activating group) is 1. The van der Waals surface area contributed by atoms with E-state index in [9.17, 15) is 5.11 Å². The summed E-state index contributed by atoms with van der Waals surface area (Å²) in [5.74, 6) is 0. The molecule has 1 heterocycles. The number of aliphatic hydroxyl groups is 1. The minimum Gasteiger partial charge on any atom is -0.387 e. The number of aliphatic hydroxyl groups excluding tert-OH is 1. The fourth-order valence-corrected chi connectivity index (χ4v) is 3.31. The molecule has 2 aromatic rings.